The highest BCUT2D eigenvalue weighted by Gasteiger charge is 2.60. The molecule has 1 saturated heterocycles. The predicted octanol–water partition coefficient (Wildman–Crippen LogP) is 3.38. The van der Waals surface area contributed by atoms with Crippen molar-refractivity contribution in [1.82, 2.24) is 25.3 Å². The number of benzene rings is 1. The van der Waals surface area contributed by atoms with E-state index in [1.807, 2.05) is 24.4 Å². The second-order valence-corrected chi connectivity index (χ2v) is 9.42. The molecule has 1 saturated carbocycles. The monoisotopic (exact) mass is 401 g/mol. The lowest BCUT2D eigenvalue weighted by Crippen LogP contribution is -2.54. The van der Waals surface area contributed by atoms with Crippen molar-refractivity contribution in [2.75, 3.05) is 24.5 Å². The highest BCUT2D eigenvalue weighted by Crippen LogP contribution is 2.55. The lowest BCUT2D eigenvalue weighted by molar-refractivity contribution is 0.282. The number of fused-ring (bicyclic) bond motifs is 1. The van der Waals surface area contributed by atoms with Gasteiger partial charge in [0.15, 0.2) is 5.82 Å². The Morgan fingerprint density at radius 3 is 2.80 bits per heavy atom. The molecule has 2 atom stereocenters. The van der Waals surface area contributed by atoms with Crippen LogP contribution in [0.2, 0.25) is 0 Å². The molecular formula is C23H27N7. The number of nitrogens with one attached hydrogen (secondary N) is 1. The van der Waals surface area contributed by atoms with Gasteiger partial charge < -0.3 is 10.2 Å². The summed E-state index contributed by atoms with van der Waals surface area (Å²) in [7, 11) is 0. The first-order chi connectivity index (χ1) is 14.4. The molecule has 5 rings (SSSR count). The SMILES string of the molecule is CC(C)(C)C1CC12CN(c1ncncc1N=Cc1ccc3nccnc3c1)CCN2. The zero-order valence-electron chi connectivity index (χ0n) is 17.7. The topological polar surface area (TPSA) is 79.2 Å². The number of anilines is 1. The summed E-state index contributed by atoms with van der Waals surface area (Å²) in [6.07, 6.45) is 9.88. The summed E-state index contributed by atoms with van der Waals surface area (Å²) in [6, 6.07) is 5.96. The van der Waals surface area contributed by atoms with Crippen LogP contribution in [0, 0.1) is 11.3 Å². The van der Waals surface area contributed by atoms with Gasteiger partial charge in [-0.15, -0.1) is 0 Å². The molecule has 2 unspecified atom stereocenters. The third kappa shape index (κ3) is 3.54. The van der Waals surface area contributed by atoms with Crippen LogP contribution in [0.25, 0.3) is 11.0 Å². The van der Waals surface area contributed by atoms with Gasteiger partial charge in [0.05, 0.1) is 17.2 Å². The average molecular weight is 402 g/mol. The van der Waals surface area contributed by atoms with E-state index in [4.69, 9.17) is 4.99 Å². The smallest absolute Gasteiger partial charge is 0.158 e. The Morgan fingerprint density at radius 2 is 2.00 bits per heavy atom. The molecule has 2 aromatic heterocycles. The van der Waals surface area contributed by atoms with Gasteiger partial charge in [0.2, 0.25) is 0 Å². The fourth-order valence-electron chi connectivity index (χ4n) is 4.76. The van der Waals surface area contributed by atoms with E-state index >= 15 is 0 Å². The van der Waals surface area contributed by atoms with Crippen molar-refractivity contribution >= 4 is 28.8 Å². The van der Waals surface area contributed by atoms with Gasteiger partial charge in [-0.05, 0) is 35.4 Å². The summed E-state index contributed by atoms with van der Waals surface area (Å²) in [4.78, 5) is 24.6. The van der Waals surface area contributed by atoms with Crippen molar-refractivity contribution in [3.8, 4) is 0 Å². The Morgan fingerprint density at radius 1 is 1.17 bits per heavy atom. The summed E-state index contributed by atoms with van der Waals surface area (Å²) in [5, 5.41) is 3.78. The molecule has 2 fully saturated rings. The van der Waals surface area contributed by atoms with Crippen LogP contribution in [0.3, 0.4) is 0 Å². The molecule has 7 nitrogen and oxygen atoms in total. The molecule has 3 heterocycles. The van der Waals surface area contributed by atoms with Gasteiger partial charge in [-0.3, -0.25) is 15.0 Å². The van der Waals surface area contributed by atoms with Crippen LogP contribution in [0.15, 0.2) is 48.1 Å². The van der Waals surface area contributed by atoms with Crippen LogP contribution in [0.5, 0.6) is 0 Å². The van der Waals surface area contributed by atoms with E-state index in [2.05, 4.69) is 50.9 Å². The van der Waals surface area contributed by atoms with E-state index in [0.717, 1.165) is 47.7 Å². The molecule has 0 radical (unpaired) electrons. The zero-order chi connectivity index (χ0) is 20.8. The molecule has 0 bridgehead atoms. The summed E-state index contributed by atoms with van der Waals surface area (Å²) in [6.45, 7) is 9.84. The largest absolute Gasteiger partial charge is 0.352 e. The van der Waals surface area contributed by atoms with Crippen molar-refractivity contribution in [3.05, 3.63) is 48.7 Å². The second kappa shape index (κ2) is 7.09. The first-order valence-electron chi connectivity index (χ1n) is 10.5. The molecule has 1 aliphatic carbocycles. The maximum atomic E-state index is 4.73. The number of hydrogen-bond donors (Lipinski definition) is 1. The number of rotatable bonds is 3. The molecule has 3 aromatic rings. The molecule has 1 aromatic carbocycles. The van der Waals surface area contributed by atoms with Gasteiger partial charge in [0, 0.05) is 43.8 Å². The van der Waals surface area contributed by atoms with Crippen molar-refractivity contribution in [2.45, 2.75) is 32.7 Å². The first kappa shape index (κ1) is 19.1. The van der Waals surface area contributed by atoms with Crippen LogP contribution < -0.4 is 10.2 Å². The van der Waals surface area contributed by atoms with Crippen LogP contribution in [0.4, 0.5) is 11.5 Å². The summed E-state index contributed by atoms with van der Waals surface area (Å²) >= 11 is 0. The van der Waals surface area contributed by atoms with E-state index < -0.39 is 0 Å². The summed E-state index contributed by atoms with van der Waals surface area (Å²) in [5.74, 6) is 1.59. The Labute approximate surface area is 176 Å². The van der Waals surface area contributed by atoms with Crippen molar-refractivity contribution in [1.29, 1.82) is 0 Å². The summed E-state index contributed by atoms with van der Waals surface area (Å²) in [5.41, 5.74) is 4.01. The van der Waals surface area contributed by atoms with Gasteiger partial charge >= 0.3 is 0 Å². The zero-order valence-corrected chi connectivity index (χ0v) is 17.7. The van der Waals surface area contributed by atoms with Crippen LogP contribution in [-0.2, 0) is 0 Å². The highest BCUT2D eigenvalue weighted by atomic mass is 15.3. The van der Waals surface area contributed by atoms with E-state index in [9.17, 15) is 0 Å². The minimum Gasteiger partial charge on any atom is -0.352 e. The van der Waals surface area contributed by atoms with E-state index in [1.165, 1.54) is 6.42 Å². The third-order valence-electron chi connectivity index (χ3n) is 6.27. The molecule has 7 heteroatoms. The summed E-state index contributed by atoms with van der Waals surface area (Å²) < 4.78 is 0. The predicted molar refractivity (Wildman–Crippen MR) is 119 cm³/mol. The highest BCUT2D eigenvalue weighted by molar-refractivity contribution is 5.88. The molecule has 1 spiro atoms. The number of aliphatic imine (C=N–C) groups is 1. The molecular weight excluding hydrogens is 374 g/mol. The normalized spacial score (nSPS) is 24.1. The first-order valence-corrected chi connectivity index (χ1v) is 10.5. The van der Waals surface area contributed by atoms with Crippen molar-refractivity contribution < 1.29 is 0 Å². The van der Waals surface area contributed by atoms with Crippen LogP contribution >= 0.6 is 0 Å². The van der Waals surface area contributed by atoms with Crippen LogP contribution in [-0.4, -0.2) is 51.3 Å². The maximum Gasteiger partial charge on any atom is 0.158 e. The molecule has 2 aliphatic rings. The Hall–Kier alpha value is -2.93. The Balaban J connectivity index is 1.39. The van der Waals surface area contributed by atoms with E-state index in [1.54, 1.807) is 24.9 Å². The van der Waals surface area contributed by atoms with Crippen molar-refractivity contribution in [3.63, 3.8) is 0 Å². The molecule has 154 valence electrons. The van der Waals surface area contributed by atoms with Gasteiger partial charge in [0.25, 0.3) is 0 Å². The third-order valence-corrected chi connectivity index (χ3v) is 6.27. The number of nitrogens with zero attached hydrogens (tertiary/aromatic N) is 6. The molecule has 0 amide bonds. The molecule has 1 aliphatic heterocycles. The number of piperazine rings is 1. The second-order valence-electron chi connectivity index (χ2n) is 9.42. The lowest BCUT2D eigenvalue weighted by Gasteiger charge is -2.37. The molecule has 30 heavy (non-hydrogen) atoms. The minimum absolute atomic E-state index is 0.194. The van der Waals surface area contributed by atoms with Crippen molar-refractivity contribution in [2.24, 2.45) is 16.3 Å². The van der Waals surface area contributed by atoms with Gasteiger partial charge in [-0.2, -0.15) is 0 Å². The maximum absolute atomic E-state index is 4.73. The quantitative estimate of drug-likeness (QED) is 0.678. The fraction of sp³-hybridized carbons (Fsp3) is 0.435. The minimum atomic E-state index is 0.194. The fourth-order valence-corrected chi connectivity index (χ4v) is 4.76. The van der Waals surface area contributed by atoms with Gasteiger partial charge in [-0.1, -0.05) is 26.8 Å². The van der Waals surface area contributed by atoms with E-state index in [0.29, 0.717) is 11.3 Å². The van der Waals surface area contributed by atoms with E-state index in [-0.39, 0.29) is 5.54 Å². The lowest BCUT2D eigenvalue weighted by atomic mass is 9.86. The molecule has 1 N–H and O–H groups in total. The van der Waals surface area contributed by atoms with Gasteiger partial charge in [-0.25, -0.2) is 9.97 Å². The standard InChI is InChI=1S/C23H27N7/c1-22(2,3)20-11-23(20)14-30(9-8-29-23)21-19(13-24-15-28-21)27-12-16-4-5-17-18(10-16)26-7-6-25-17/h4-7,10,12-13,15,20,29H,8-9,11,14H2,1-3H3. The van der Waals surface area contributed by atoms with Gasteiger partial charge in [0.1, 0.15) is 12.0 Å². The Bertz CT molecular complexity index is 1100. The number of aromatic nitrogens is 4. The number of hydrogen-bond acceptors (Lipinski definition) is 7. The average Bonchev–Trinajstić information content (AvgIpc) is 3.45. The Kier molecular flexibility index (Phi) is 4.50. The van der Waals surface area contributed by atoms with Crippen LogP contribution in [0.1, 0.15) is 32.8 Å².